The summed E-state index contributed by atoms with van der Waals surface area (Å²) in [5.41, 5.74) is 0.571. The normalized spacial score (nSPS) is 10.9. The number of benzene rings is 2. The molecule has 2 aromatic rings. The number of esters is 1. The van der Waals surface area contributed by atoms with Crippen LogP contribution in [-0.2, 0) is 26.1 Å². The fourth-order valence-electron chi connectivity index (χ4n) is 2.33. The lowest BCUT2D eigenvalue weighted by atomic mass is 10.2. The van der Waals surface area contributed by atoms with E-state index in [2.05, 4.69) is 10.1 Å². The first-order valence-electron chi connectivity index (χ1n) is 7.88. The molecule has 0 saturated heterocycles. The quantitative estimate of drug-likeness (QED) is 0.722. The zero-order valence-corrected chi connectivity index (χ0v) is 15.6. The van der Waals surface area contributed by atoms with Gasteiger partial charge in [0.05, 0.1) is 24.6 Å². The van der Waals surface area contributed by atoms with Gasteiger partial charge >= 0.3 is 5.97 Å². The van der Waals surface area contributed by atoms with Crippen molar-refractivity contribution in [2.75, 3.05) is 24.2 Å². The molecule has 0 aromatic heterocycles. The first kappa shape index (κ1) is 20.4. The maximum atomic E-state index is 13.6. The molecule has 1 amide bonds. The Kier molecular flexibility index (Phi) is 6.51. The van der Waals surface area contributed by atoms with E-state index in [-0.39, 0.29) is 23.4 Å². The van der Waals surface area contributed by atoms with Gasteiger partial charge in [0.2, 0.25) is 15.9 Å². The Morgan fingerprint density at radius 2 is 1.85 bits per heavy atom. The van der Waals surface area contributed by atoms with Crippen LogP contribution in [0.15, 0.2) is 48.5 Å². The highest BCUT2D eigenvalue weighted by atomic mass is 32.2. The second-order valence-corrected chi connectivity index (χ2v) is 7.59. The number of sulfonamides is 1. The van der Waals surface area contributed by atoms with Crippen LogP contribution in [0.5, 0.6) is 0 Å². The number of hydrogen-bond acceptors (Lipinski definition) is 5. The molecule has 0 unspecified atom stereocenters. The molecule has 0 fully saturated rings. The van der Waals surface area contributed by atoms with E-state index in [4.69, 9.17) is 0 Å². The summed E-state index contributed by atoms with van der Waals surface area (Å²) in [7, 11) is -2.60. The molecule has 0 spiro atoms. The Bertz CT molecular complexity index is 946. The minimum Gasteiger partial charge on any atom is -0.465 e. The average molecular weight is 394 g/mol. The number of amides is 1. The number of rotatable bonds is 7. The zero-order chi connectivity index (χ0) is 20.0. The van der Waals surface area contributed by atoms with Crippen LogP contribution in [0.2, 0.25) is 0 Å². The molecule has 144 valence electrons. The third kappa shape index (κ3) is 5.52. The van der Waals surface area contributed by atoms with Gasteiger partial charge in [-0.25, -0.2) is 17.6 Å². The van der Waals surface area contributed by atoms with Crippen LogP contribution in [0.25, 0.3) is 0 Å². The second kappa shape index (κ2) is 8.63. The molecule has 7 nitrogen and oxygen atoms in total. The van der Waals surface area contributed by atoms with Crippen LogP contribution >= 0.6 is 0 Å². The third-order valence-electron chi connectivity index (χ3n) is 3.68. The fourth-order valence-corrected chi connectivity index (χ4v) is 3.18. The van der Waals surface area contributed by atoms with Crippen molar-refractivity contribution in [3.63, 3.8) is 0 Å². The Hall–Kier alpha value is -2.94. The van der Waals surface area contributed by atoms with Crippen LogP contribution in [0.4, 0.5) is 10.1 Å². The van der Waals surface area contributed by atoms with Gasteiger partial charge in [0.1, 0.15) is 12.4 Å². The zero-order valence-electron chi connectivity index (χ0n) is 14.8. The largest absolute Gasteiger partial charge is 0.465 e. The van der Waals surface area contributed by atoms with Gasteiger partial charge in [-0.2, -0.15) is 0 Å². The van der Waals surface area contributed by atoms with Crippen LogP contribution in [0.1, 0.15) is 15.9 Å². The van der Waals surface area contributed by atoms with Crippen molar-refractivity contribution in [1.29, 1.82) is 0 Å². The van der Waals surface area contributed by atoms with E-state index in [1.807, 2.05) is 0 Å². The minimum absolute atomic E-state index is 0.0781. The Morgan fingerprint density at radius 3 is 2.48 bits per heavy atom. The maximum Gasteiger partial charge on any atom is 0.337 e. The summed E-state index contributed by atoms with van der Waals surface area (Å²) in [6.45, 7) is -0.594. The van der Waals surface area contributed by atoms with Crippen LogP contribution in [0.3, 0.4) is 0 Å². The monoisotopic (exact) mass is 394 g/mol. The molecule has 2 rings (SSSR count). The first-order chi connectivity index (χ1) is 12.7. The molecule has 0 aliphatic rings. The SMILES string of the molecule is COC(=O)c1cccc(N(CC(=O)NCc2ccccc2F)S(C)(=O)=O)c1. The number of nitrogens with zero attached hydrogens (tertiary/aromatic N) is 1. The van der Waals surface area contributed by atoms with E-state index < -0.39 is 34.3 Å². The predicted octanol–water partition coefficient (Wildman–Crippen LogP) is 1.69. The summed E-state index contributed by atoms with van der Waals surface area (Å²) in [5, 5.41) is 2.48. The summed E-state index contributed by atoms with van der Waals surface area (Å²) in [4.78, 5) is 23.8. The van der Waals surface area contributed by atoms with Crippen LogP contribution < -0.4 is 9.62 Å². The average Bonchev–Trinajstić information content (AvgIpc) is 2.64. The summed E-state index contributed by atoms with van der Waals surface area (Å²) in [6.07, 6.45) is 0.946. The van der Waals surface area contributed by atoms with Crippen molar-refractivity contribution in [1.82, 2.24) is 5.32 Å². The van der Waals surface area contributed by atoms with Crippen LogP contribution in [0, 0.1) is 5.82 Å². The predicted molar refractivity (Wildman–Crippen MR) is 98.2 cm³/mol. The lowest BCUT2D eigenvalue weighted by molar-refractivity contribution is -0.119. The molecule has 9 heteroatoms. The van der Waals surface area contributed by atoms with Crippen LogP contribution in [-0.4, -0.2) is 40.2 Å². The summed E-state index contributed by atoms with van der Waals surface area (Å²) >= 11 is 0. The lowest BCUT2D eigenvalue weighted by Crippen LogP contribution is -2.40. The molecule has 0 aliphatic carbocycles. The number of carbonyl (C=O) groups is 2. The smallest absolute Gasteiger partial charge is 0.337 e. The number of ether oxygens (including phenoxy) is 1. The number of anilines is 1. The first-order valence-corrected chi connectivity index (χ1v) is 9.73. The molecule has 0 radical (unpaired) electrons. The van der Waals surface area contributed by atoms with E-state index in [1.165, 1.54) is 49.6 Å². The molecule has 0 heterocycles. The fraction of sp³-hybridized carbons (Fsp3) is 0.222. The third-order valence-corrected chi connectivity index (χ3v) is 4.82. The van der Waals surface area contributed by atoms with Gasteiger partial charge in [0.25, 0.3) is 0 Å². The molecule has 0 bridgehead atoms. The van der Waals surface area contributed by atoms with Crippen molar-refractivity contribution in [2.24, 2.45) is 0 Å². The van der Waals surface area contributed by atoms with Gasteiger partial charge < -0.3 is 10.1 Å². The van der Waals surface area contributed by atoms with Gasteiger partial charge in [-0.1, -0.05) is 24.3 Å². The topological polar surface area (TPSA) is 92.8 Å². The maximum absolute atomic E-state index is 13.6. The van der Waals surface area contributed by atoms with Gasteiger partial charge in [-0.15, -0.1) is 0 Å². The van der Waals surface area contributed by atoms with E-state index >= 15 is 0 Å². The molecule has 0 atom stereocenters. The second-order valence-electron chi connectivity index (χ2n) is 5.68. The van der Waals surface area contributed by atoms with Gasteiger partial charge in [-0.3, -0.25) is 9.10 Å². The van der Waals surface area contributed by atoms with Crippen molar-refractivity contribution < 1.29 is 27.1 Å². The van der Waals surface area contributed by atoms with Crippen molar-refractivity contribution in [3.05, 3.63) is 65.5 Å². The highest BCUT2D eigenvalue weighted by molar-refractivity contribution is 7.92. The molecule has 2 aromatic carbocycles. The van der Waals surface area contributed by atoms with Gasteiger partial charge in [0.15, 0.2) is 0 Å². The molecule has 0 saturated carbocycles. The highest BCUT2D eigenvalue weighted by Gasteiger charge is 2.22. The molecule has 0 aliphatic heterocycles. The number of halogens is 1. The highest BCUT2D eigenvalue weighted by Crippen LogP contribution is 2.19. The minimum atomic E-state index is -3.81. The molecular weight excluding hydrogens is 375 g/mol. The number of hydrogen-bond donors (Lipinski definition) is 1. The summed E-state index contributed by atoms with van der Waals surface area (Å²) in [5.74, 6) is -1.72. The standard InChI is InChI=1S/C18H19FN2O5S/c1-26-18(23)13-7-5-8-15(10-13)21(27(2,24)25)12-17(22)20-11-14-6-3-4-9-16(14)19/h3-10H,11-12H2,1-2H3,(H,20,22). The van der Waals surface area contributed by atoms with E-state index in [9.17, 15) is 22.4 Å². The molecular formula is C18H19FN2O5S. The number of carbonyl (C=O) groups excluding carboxylic acids is 2. The van der Waals surface area contributed by atoms with Crippen molar-refractivity contribution in [2.45, 2.75) is 6.54 Å². The lowest BCUT2D eigenvalue weighted by Gasteiger charge is -2.22. The molecule has 27 heavy (non-hydrogen) atoms. The van der Waals surface area contributed by atoms with Crippen molar-refractivity contribution >= 4 is 27.6 Å². The Labute approximate surface area is 156 Å². The number of methoxy groups -OCH3 is 1. The summed E-state index contributed by atoms with van der Waals surface area (Å²) in [6, 6.07) is 11.7. The summed E-state index contributed by atoms with van der Waals surface area (Å²) < 4.78 is 43.3. The molecule has 1 N–H and O–H groups in total. The Balaban J connectivity index is 2.17. The van der Waals surface area contributed by atoms with Gasteiger partial charge in [0, 0.05) is 12.1 Å². The Morgan fingerprint density at radius 1 is 1.15 bits per heavy atom. The van der Waals surface area contributed by atoms with Crippen molar-refractivity contribution in [3.8, 4) is 0 Å². The van der Waals surface area contributed by atoms with E-state index in [0.717, 1.165) is 10.6 Å². The van der Waals surface area contributed by atoms with E-state index in [0.29, 0.717) is 0 Å². The number of nitrogens with one attached hydrogen (secondary N) is 1. The van der Waals surface area contributed by atoms with Gasteiger partial charge in [-0.05, 0) is 24.3 Å². The van der Waals surface area contributed by atoms with E-state index in [1.54, 1.807) is 6.07 Å².